The van der Waals surface area contributed by atoms with Crippen LogP contribution in [0.4, 0.5) is 0 Å². The summed E-state index contributed by atoms with van der Waals surface area (Å²) < 4.78 is 4.54. The molecule has 0 bridgehead atoms. The normalized spacial score (nSPS) is 16.8. The van der Waals surface area contributed by atoms with Gasteiger partial charge in [0.25, 0.3) is 0 Å². The first-order valence-corrected chi connectivity index (χ1v) is 6.60. The molecule has 0 heterocycles. The number of hydrogen-bond donors (Lipinski definition) is 1. The van der Waals surface area contributed by atoms with Crippen LogP contribution in [0.5, 0.6) is 0 Å². The molecule has 92 valence electrons. The van der Waals surface area contributed by atoms with Gasteiger partial charge in [-0.15, -0.1) is 0 Å². The number of carbonyl (C=O) groups is 2. The van der Waals surface area contributed by atoms with Crippen LogP contribution in [0.1, 0.15) is 32.1 Å². The van der Waals surface area contributed by atoms with E-state index in [2.05, 4.69) is 4.74 Å². The first-order chi connectivity index (χ1) is 7.58. The largest absolute Gasteiger partial charge is 0.481 e. The summed E-state index contributed by atoms with van der Waals surface area (Å²) in [5.41, 5.74) is 0.0573. The number of esters is 1. The zero-order valence-corrected chi connectivity index (χ0v) is 10.3. The lowest BCUT2D eigenvalue weighted by atomic mass is 10.1. The molecule has 5 heteroatoms. The van der Waals surface area contributed by atoms with E-state index in [-0.39, 0.29) is 17.8 Å². The number of hydrogen-bond acceptors (Lipinski definition) is 4. The van der Waals surface area contributed by atoms with Gasteiger partial charge in [0.2, 0.25) is 0 Å². The minimum absolute atomic E-state index is 0.0573. The van der Waals surface area contributed by atoms with Gasteiger partial charge in [-0.2, -0.15) is 11.8 Å². The number of thioether (sulfide) groups is 1. The van der Waals surface area contributed by atoms with Crippen molar-refractivity contribution in [2.24, 2.45) is 5.41 Å². The minimum atomic E-state index is -0.701. The van der Waals surface area contributed by atoms with Crippen molar-refractivity contribution in [3.05, 3.63) is 0 Å². The van der Waals surface area contributed by atoms with Crippen LogP contribution in [0, 0.1) is 5.41 Å². The second-order valence-corrected chi connectivity index (χ2v) is 5.41. The van der Waals surface area contributed by atoms with E-state index in [1.54, 1.807) is 11.8 Å². The molecule has 0 amide bonds. The number of carboxylic acid groups (broad SMARTS) is 1. The van der Waals surface area contributed by atoms with Crippen LogP contribution in [-0.4, -0.2) is 35.7 Å². The average molecular weight is 246 g/mol. The molecule has 0 aromatic heterocycles. The van der Waals surface area contributed by atoms with Crippen molar-refractivity contribution >= 4 is 23.7 Å². The Kier molecular flexibility index (Phi) is 5.12. The molecule has 1 saturated carbocycles. The van der Waals surface area contributed by atoms with Crippen molar-refractivity contribution in [1.82, 2.24) is 0 Å². The van der Waals surface area contributed by atoms with Crippen LogP contribution in [0.25, 0.3) is 0 Å². The fourth-order valence-corrected chi connectivity index (χ4v) is 2.90. The number of rotatable bonds is 8. The molecule has 0 aromatic carbocycles. The lowest BCUT2D eigenvalue weighted by Gasteiger charge is -2.11. The summed E-state index contributed by atoms with van der Waals surface area (Å²) in [4.78, 5) is 21.4. The summed E-state index contributed by atoms with van der Waals surface area (Å²) in [6.45, 7) is 0. The second-order valence-electron chi connectivity index (χ2n) is 4.30. The quantitative estimate of drug-likeness (QED) is 0.523. The van der Waals surface area contributed by atoms with E-state index in [1.165, 1.54) is 7.11 Å². The van der Waals surface area contributed by atoms with Gasteiger partial charge in [-0.05, 0) is 36.2 Å². The summed E-state index contributed by atoms with van der Waals surface area (Å²) in [6, 6.07) is 0. The Morgan fingerprint density at radius 3 is 2.62 bits per heavy atom. The number of carboxylic acids is 1. The summed E-state index contributed by atoms with van der Waals surface area (Å²) in [5.74, 6) is 0.927. The van der Waals surface area contributed by atoms with E-state index < -0.39 is 5.97 Å². The van der Waals surface area contributed by atoms with Crippen LogP contribution < -0.4 is 0 Å². The fraction of sp³-hybridized carbons (Fsp3) is 0.818. The Hall–Kier alpha value is -0.710. The summed E-state index contributed by atoms with van der Waals surface area (Å²) in [5, 5.41) is 8.73. The van der Waals surface area contributed by atoms with E-state index in [9.17, 15) is 9.59 Å². The standard InChI is InChI=1S/C11H18O4S/c1-15-10(14)3-2-6-16-8-11(4-5-11)7-9(12)13/h2-8H2,1H3,(H,12,13). The smallest absolute Gasteiger partial charge is 0.305 e. The second kappa shape index (κ2) is 6.13. The molecule has 0 aromatic rings. The van der Waals surface area contributed by atoms with Gasteiger partial charge in [-0.25, -0.2) is 0 Å². The topological polar surface area (TPSA) is 63.6 Å². The molecule has 1 aliphatic rings. The van der Waals surface area contributed by atoms with Crippen LogP contribution >= 0.6 is 11.8 Å². The van der Waals surface area contributed by atoms with Gasteiger partial charge < -0.3 is 9.84 Å². The van der Waals surface area contributed by atoms with Gasteiger partial charge in [-0.1, -0.05) is 0 Å². The molecule has 0 aliphatic heterocycles. The molecule has 0 saturated heterocycles. The fourth-order valence-electron chi connectivity index (χ4n) is 1.58. The van der Waals surface area contributed by atoms with E-state index in [0.29, 0.717) is 6.42 Å². The lowest BCUT2D eigenvalue weighted by molar-refractivity contribution is -0.140. The highest BCUT2D eigenvalue weighted by atomic mass is 32.2. The van der Waals surface area contributed by atoms with E-state index in [0.717, 1.165) is 30.8 Å². The van der Waals surface area contributed by atoms with Crippen molar-refractivity contribution in [3.63, 3.8) is 0 Å². The molecule has 0 atom stereocenters. The van der Waals surface area contributed by atoms with Crippen LogP contribution in [0.3, 0.4) is 0 Å². The third-order valence-corrected chi connectivity index (χ3v) is 4.18. The molecule has 0 unspecified atom stereocenters. The van der Waals surface area contributed by atoms with Crippen molar-refractivity contribution < 1.29 is 19.4 Å². The maximum Gasteiger partial charge on any atom is 0.305 e. The molecule has 1 N–H and O–H groups in total. The van der Waals surface area contributed by atoms with Gasteiger partial charge in [0.15, 0.2) is 0 Å². The van der Waals surface area contributed by atoms with Crippen molar-refractivity contribution in [2.45, 2.75) is 32.1 Å². The van der Waals surface area contributed by atoms with Crippen molar-refractivity contribution in [3.8, 4) is 0 Å². The third kappa shape index (κ3) is 4.88. The Morgan fingerprint density at radius 1 is 1.44 bits per heavy atom. The van der Waals surface area contributed by atoms with E-state index in [4.69, 9.17) is 5.11 Å². The molecule has 4 nitrogen and oxygen atoms in total. The zero-order valence-electron chi connectivity index (χ0n) is 9.53. The molecule has 0 spiro atoms. The van der Waals surface area contributed by atoms with Gasteiger partial charge in [-0.3, -0.25) is 9.59 Å². The highest BCUT2D eigenvalue weighted by Gasteiger charge is 2.43. The van der Waals surface area contributed by atoms with E-state index in [1.807, 2.05) is 0 Å². The molecular formula is C11H18O4S. The van der Waals surface area contributed by atoms with Gasteiger partial charge in [0, 0.05) is 6.42 Å². The molecule has 16 heavy (non-hydrogen) atoms. The lowest BCUT2D eigenvalue weighted by Crippen LogP contribution is -2.11. The maximum absolute atomic E-state index is 10.8. The molecule has 1 rings (SSSR count). The third-order valence-electron chi connectivity index (χ3n) is 2.79. The Balaban J connectivity index is 2.03. The molecular weight excluding hydrogens is 228 g/mol. The Morgan fingerprint density at radius 2 is 2.12 bits per heavy atom. The number of carbonyl (C=O) groups excluding carboxylic acids is 1. The van der Waals surface area contributed by atoms with Gasteiger partial charge >= 0.3 is 11.9 Å². The van der Waals surface area contributed by atoms with Gasteiger partial charge in [0.05, 0.1) is 13.5 Å². The number of ether oxygens (including phenoxy) is 1. The Labute approximate surface area is 99.7 Å². The van der Waals surface area contributed by atoms with Gasteiger partial charge in [0.1, 0.15) is 0 Å². The SMILES string of the molecule is COC(=O)CCCSCC1(CC(=O)O)CC1. The van der Waals surface area contributed by atoms with Crippen LogP contribution in [-0.2, 0) is 14.3 Å². The van der Waals surface area contributed by atoms with Crippen LogP contribution in [0.15, 0.2) is 0 Å². The molecule has 1 fully saturated rings. The summed E-state index contributed by atoms with van der Waals surface area (Å²) in [7, 11) is 1.39. The highest BCUT2D eigenvalue weighted by Crippen LogP contribution is 2.51. The average Bonchev–Trinajstić information content (AvgIpc) is 2.96. The zero-order chi connectivity index (χ0) is 12.0. The predicted molar refractivity (Wildman–Crippen MR) is 62.5 cm³/mol. The van der Waals surface area contributed by atoms with Crippen molar-refractivity contribution in [2.75, 3.05) is 18.6 Å². The van der Waals surface area contributed by atoms with Crippen LogP contribution in [0.2, 0.25) is 0 Å². The summed E-state index contributed by atoms with van der Waals surface area (Å²) >= 11 is 1.75. The first kappa shape index (κ1) is 13.4. The highest BCUT2D eigenvalue weighted by molar-refractivity contribution is 7.99. The minimum Gasteiger partial charge on any atom is -0.481 e. The van der Waals surface area contributed by atoms with E-state index >= 15 is 0 Å². The molecule has 0 radical (unpaired) electrons. The van der Waals surface area contributed by atoms with Crippen molar-refractivity contribution in [1.29, 1.82) is 0 Å². The Bertz CT molecular complexity index is 261. The summed E-state index contributed by atoms with van der Waals surface area (Å²) in [6.07, 6.45) is 3.61. The predicted octanol–water partition coefficient (Wildman–Crippen LogP) is 1.93. The number of methoxy groups -OCH3 is 1. The first-order valence-electron chi connectivity index (χ1n) is 5.44. The molecule has 1 aliphatic carbocycles. The number of aliphatic carboxylic acids is 1. The monoisotopic (exact) mass is 246 g/mol. The maximum atomic E-state index is 10.8.